The Bertz CT molecular complexity index is 1640. The maximum atomic E-state index is 13.8. The van der Waals surface area contributed by atoms with Crippen LogP contribution in [0.5, 0.6) is 0 Å². The smallest absolute Gasteiger partial charge is 0.263 e. The number of halogens is 2. The largest absolute Gasteiger partial charge is 0.289 e. The minimum Gasteiger partial charge on any atom is -0.289 e. The number of aromatic nitrogens is 2. The van der Waals surface area contributed by atoms with Gasteiger partial charge < -0.3 is 0 Å². The van der Waals surface area contributed by atoms with Crippen molar-refractivity contribution in [2.75, 3.05) is 0 Å². The van der Waals surface area contributed by atoms with Crippen LogP contribution in [0.15, 0.2) is 94.6 Å². The molecule has 1 aliphatic heterocycles. The molecule has 6 nitrogen and oxygen atoms in total. The molecule has 1 aromatic heterocycles. The maximum Gasteiger partial charge on any atom is 0.263 e. The fourth-order valence-electron chi connectivity index (χ4n) is 5.40. The van der Waals surface area contributed by atoms with Gasteiger partial charge in [0.2, 0.25) is 0 Å². The highest BCUT2D eigenvalue weighted by Crippen LogP contribution is 2.44. The van der Waals surface area contributed by atoms with Crippen LogP contribution >= 0.6 is 23.2 Å². The van der Waals surface area contributed by atoms with Gasteiger partial charge in [0.15, 0.2) is 0 Å². The van der Waals surface area contributed by atoms with E-state index >= 15 is 0 Å². The van der Waals surface area contributed by atoms with E-state index in [2.05, 4.69) is 11.1 Å². The number of benzene rings is 3. The van der Waals surface area contributed by atoms with Gasteiger partial charge >= 0.3 is 0 Å². The first kappa shape index (κ1) is 24.6. The van der Waals surface area contributed by atoms with E-state index in [-0.39, 0.29) is 30.0 Å². The van der Waals surface area contributed by atoms with Crippen LogP contribution in [0, 0.1) is 5.92 Å². The number of amides is 1. The van der Waals surface area contributed by atoms with Crippen LogP contribution in [0.4, 0.5) is 0 Å². The van der Waals surface area contributed by atoms with Crippen molar-refractivity contribution in [2.24, 2.45) is 11.0 Å². The number of hydrogen-bond donors (Lipinski definition) is 0. The van der Waals surface area contributed by atoms with Crippen LogP contribution in [-0.2, 0) is 11.3 Å². The molecule has 2 unspecified atom stereocenters. The van der Waals surface area contributed by atoms with Gasteiger partial charge in [-0.05, 0) is 78.4 Å². The zero-order valence-corrected chi connectivity index (χ0v) is 21.9. The Morgan fingerprint density at radius 3 is 2.45 bits per heavy atom. The highest BCUT2D eigenvalue weighted by atomic mass is 35.5. The summed E-state index contributed by atoms with van der Waals surface area (Å²) in [6.07, 6.45) is 6.34. The quantitative estimate of drug-likeness (QED) is 0.294. The minimum atomic E-state index is -0.284. The molecule has 2 aliphatic rings. The molecule has 1 aliphatic carbocycles. The predicted octanol–water partition coefficient (Wildman–Crippen LogP) is 6.53. The van der Waals surface area contributed by atoms with Gasteiger partial charge in [-0.15, -0.1) is 0 Å². The van der Waals surface area contributed by atoms with Gasteiger partial charge in [-0.3, -0.25) is 14.2 Å². The van der Waals surface area contributed by atoms with E-state index in [1.807, 2.05) is 54.6 Å². The second-order valence-corrected chi connectivity index (χ2v) is 10.5. The zero-order valence-electron chi connectivity index (χ0n) is 20.4. The van der Waals surface area contributed by atoms with Gasteiger partial charge in [-0.1, -0.05) is 59.6 Å². The molecule has 0 saturated heterocycles. The summed E-state index contributed by atoms with van der Waals surface area (Å²) in [4.78, 5) is 31.2. The van der Waals surface area contributed by atoms with Gasteiger partial charge in [-0.25, -0.2) is 9.99 Å². The van der Waals surface area contributed by atoms with E-state index in [9.17, 15) is 9.59 Å². The lowest BCUT2D eigenvalue weighted by molar-refractivity contribution is -0.134. The molecular weight excluding hydrogens is 519 g/mol. The van der Waals surface area contributed by atoms with Gasteiger partial charge in [-0.2, -0.15) is 5.10 Å². The van der Waals surface area contributed by atoms with E-state index in [0.717, 1.165) is 41.7 Å². The van der Waals surface area contributed by atoms with Gasteiger partial charge in [0.05, 0.1) is 29.0 Å². The molecule has 0 radical (unpaired) electrons. The van der Waals surface area contributed by atoms with E-state index < -0.39 is 0 Å². The first-order chi connectivity index (χ1) is 18.5. The summed E-state index contributed by atoms with van der Waals surface area (Å²) >= 11 is 12.3. The van der Waals surface area contributed by atoms with Crippen molar-refractivity contribution < 1.29 is 4.79 Å². The SMILES string of the molecule is O=C(Cn1cnc2ccccc2c1=O)N1N=C2/C(=C/c3ccc(Cl)cc3)CCCC2C1c1ccc(Cl)cc1. The second kappa shape index (κ2) is 10.2. The monoisotopic (exact) mass is 542 g/mol. The van der Waals surface area contributed by atoms with E-state index in [0.29, 0.717) is 20.9 Å². The summed E-state index contributed by atoms with van der Waals surface area (Å²) in [6, 6.07) is 22.1. The van der Waals surface area contributed by atoms with Crippen LogP contribution in [0.3, 0.4) is 0 Å². The Balaban J connectivity index is 1.38. The van der Waals surface area contributed by atoms with E-state index in [1.54, 1.807) is 23.2 Å². The lowest BCUT2D eigenvalue weighted by Crippen LogP contribution is -2.36. The first-order valence-corrected chi connectivity index (χ1v) is 13.3. The molecule has 1 saturated carbocycles. The number of para-hydroxylation sites is 1. The Kier molecular flexibility index (Phi) is 6.60. The molecule has 2 atom stereocenters. The van der Waals surface area contributed by atoms with Crippen molar-refractivity contribution in [2.45, 2.75) is 31.8 Å². The summed E-state index contributed by atoms with van der Waals surface area (Å²) in [5, 5.41) is 8.27. The minimum absolute atomic E-state index is 0.0406. The highest BCUT2D eigenvalue weighted by molar-refractivity contribution is 6.30. The fraction of sp³-hybridized carbons (Fsp3) is 0.200. The average Bonchev–Trinajstić information content (AvgIpc) is 3.33. The third-order valence-electron chi connectivity index (χ3n) is 7.22. The highest BCUT2D eigenvalue weighted by Gasteiger charge is 2.43. The third kappa shape index (κ3) is 4.66. The van der Waals surface area contributed by atoms with Crippen LogP contribution in [0.1, 0.15) is 36.4 Å². The molecule has 0 spiro atoms. The number of hydrogen-bond acceptors (Lipinski definition) is 4. The van der Waals surface area contributed by atoms with Crippen LogP contribution in [-0.4, -0.2) is 26.2 Å². The molecule has 2 heterocycles. The molecule has 0 N–H and O–H groups in total. The summed E-state index contributed by atoms with van der Waals surface area (Å²) in [7, 11) is 0. The summed E-state index contributed by atoms with van der Waals surface area (Å²) in [5.74, 6) is -0.226. The molecule has 8 heteroatoms. The van der Waals surface area contributed by atoms with Gasteiger partial charge in [0, 0.05) is 16.0 Å². The Hall–Kier alpha value is -3.74. The summed E-state index contributed by atoms with van der Waals surface area (Å²) in [5.41, 5.74) is 4.38. The number of rotatable bonds is 4. The lowest BCUT2D eigenvalue weighted by Gasteiger charge is -2.29. The topological polar surface area (TPSA) is 67.6 Å². The summed E-state index contributed by atoms with van der Waals surface area (Å²) < 4.78 is 1.36. The van der Waals surface area contributed by atoms with Crippen LogP contribution in [0.2, 0.25) is 10.0 Å². The average molecular weight is 543 g/mol. The van der Waals surface area contributed by atoms with Gasteiger partial charge in [0.25, 0.3) is 11.5 Å². The van der Waals surface area contributed by atoms with E-state index in [1.165, 1.54) is 10.9 Å². The maximum absolute atomic E-state index is 13.8. The Morgan fingerprint density at radius 2 is 1.68 bits per heavy atom. The number of hydrazone groups is 1. The molecule has 4 aromatic rings. The summed E-state index contributed by atoms with van der Waals surface area (Å²) in [6.45, 7) is -0.152. The standard InChI is InChI=1S/C30H24Cl2N4O2/c31-22-12-8-19(9-13-22)16-21-4-3-6-25-28(21)34-36(29(25)20-10-14-23(32)15-11-20)27(37)17-35-18-33-26-7-2-1-5-24(26)30(35)38/h1-2,5,7-16,18,25,29H,3-4,6,17H2/b21-16+. The fourth-order valence-corrected chi connectivity index (χ4v) is 5.65. The molecule has 0 bridgehead atoms. The number of allylic oxidation sites excluding steroid dienone is 1. The molecule has 1 amide bonds. The molecule has 38 heavy (non-hydrogen) atoms. The normalized spacial score (nSPS) is 20.0. The molecule has 1 fully saturated rings. The van der Waals surface area contributed by atoms with Crippen molar-refractivity contribution in [3.05, 3.63) is 116 Å². The van der Waals surface area contributed by atoms with Crippen LogP contribution < -0.4 is 5.56 Å². The second-order valence-electron chi connectivity index (χ2n) is 9.63. The van der Waals surface area contributed by atoms with Crippen LogP contribution in [0.25, 0.3) is 17.0 Å². The number of carbonyl (C=O) groups excluding carboxylic acids is 1. The first-order valence-electron chi connectivity index (χ1n) is 12.5. The third-order valence-corrected chi connectivity index (χ3v) is 7.72. The Morgan fingerprint density at radius 1 is 0.974 bits per heavy atom. The van der Waals surface area contributed by atoms with Crippen molar-refractivity contribution >= 4 is 51.8 Å². The zero-order chi connectivity index (χ0) is 26.2. The number of fused-ring (bicyclic) bond motifs is 2. The predicted molar refractivity (Wildman–Crippen MR) is 151 cm³/mol. The lowest BCUT2D eigenvalue weighted by atomic mass is 9.77. The van der Waals surface area contributed by atoms with Crippen molar-refractivity contribution in [1.82, 2.24) is 14.6 Å². The Labute approximate surface area is 229 Å². The van der Waals surface area contributed by atoms with E-state index in [4.69, 9.17) is 28.3 Å². The van der Waals surface area contributed by atoms with Crippen molar-refractivity contribution in [1.29, 1.82) is 0 Å². The van der Waals surface area contributed by atoms with Crippen molar-refractivity contribution in [3.8, 4) is 0 Å². The molecule has 6 rings (SSSR count). The van der Waals surface area contributed by atoms with Gasteiger partial charge in [0.1, 0.15) is 6.54 Å². The number of nitrogens with zero attached hydrogens (tertiary/aromatic N) is 4. The number of carbonyl (C=O) groups is 1. The molecule has 3 aromatic carbocycles. The molecular formula is C30H24Cl2N4O2. The van der Waals surface area contributed by atoms with Crippen molar-refractivity contribution in [3.63, 3.8) is 0 Å². The molecule has 190 valence electrons.